The number of carbonyl (C=O) groups excluding carboxylic acids is 3. The summed E-state index contributed by atoms with van der Waals surface area (Å²) in [4.78, 5) is 37.9. The molecule has 0 aliphatic carbocycles. The molecule has 1 aliphatic heterocycles. The fraction of sp³-hybridized carbons (Fsp3) is 0.808. The van der Waals surface area contributed by atoms with E-state index in [2.05, 4.69) is 33.9 Å². The lowest BCUT2D eigenvalue weighted by molar-refractivity contribution is -0.291. The highest BCUT2D eigenvalue weighted by Crippen LogP contribution is 2.45. The Balaban J connectivity index is 3.29. The SMILES string of the molecule is COC(=O)/C=C1\C[C@@H](CCOC(=O)C(C)(C)C)O[C@@](OC)(C(C)(C)CO[Si](C)(C)C(C)(C)C)C1=O. The molecule has 35 heavy (non-hydrogen) atoms. The molecule has 0 aromatic rings. The van der Waals surface area contributed by atoms with E-state index in [-0.39, 0.29) is 36.2 Å². The number of ether oxygens (including phenoxy) is 4. The van der Waals surface area contributed by atoms with Crippen LogP contribution in [0.2, 0.25) is 18.1 Å². The maximum atomic E-state index is 13.7. The molecule has 0 bridgehead atoms. The van der Waals surface area contributed by atoms with E-state index in [9.17, 15) is 14.4 Å². The molecule has 0 unspecified atom stereocenters. The van der Waals surface area contributed by atoms with Gasteiger partial charge in [-0.15, -0.1) is 0 Å². The van der Waals surface area contributed by atoms with Gasteiger partial charge in [0.15, 0.2) is 8.32 Å². The van der Waals surface area contributed by atoms with Gasteiger partial charge in [0.2, 0.25) is 11.6 Å². The average Bonchev–Trinajstić information content (AvgIpc) is 2.72. The van der Waals surface area contributed by atoms with Crippen molar-refractivity contribution in [1.29, 1.82) is 0 Å². The first-order chi connectivity index (χ1) is 15.7. The molecule has 0 aromatic heterocycles. The van der Waals surface area contributed by atoms with Gasteiger partial charge in [-0.3, -0.25) is 9.59 Å². The van der Waals surface area contributed by atoms with E-state index in [0.29, 0.717) is 6.42 Å². The third-order valence-electron chi connectivity index (χ3n) is 6.93. The van der Waals surface area contributed by atoms with Crippen molar-refractivity contribution in [1.82, 2.24) is 0 Å². The Labute approximate surface area is 212 Å². The fourth-order valence-corrected chi connectivity index (χ4v) is 4.58. The van der Waals surface area contributed by atoms with E-state index < -0.39 is 42.8 Å². The highest BCUT2D eigenvalue weighted by atomic mass is 28.4. The second kappa shape index (κ2) is 11.2. The molecule has 1 fully saturated rings. The van der Waals surface area contributed by atoms with Gasteiger partial charge in [-0.1, -0.05) is 34.6 Å². The molecule has 0 aromatic carbocycles. The smallest absolute Gasteiger partial charge is 0.330 e. The Kier molecular flexibility index (Phi) is 10.1. The quantitative estimate of drug-likeness (QED) is 0.246. The Bertz CT molecular complexity index is 816. The largest absolute Gasteiger partial charge is 0.466 e. The lowest BCUT2D eigenvalue weighted by Crippen LogP contribution is -2.62. The van der Waals surface area contributed by atoms with Crippen LogP contribution in [0.3, 0.4) is 0 Å². The summed E-state index contributed by atoms with van der Waals surface area (Å²) in [6, 6.07) is 0. The molecular weight excluding hydrogens is 468 g/mol. The number of Topliss-reactive ketones (excluding diaryl/α,β-unsaturated/α-hetero) is 1. The standard InChI is InChI=1S/C26H46O8Si/c1-23(2,3)22(29)32-14-13-19-15-18(16-20(27)30-9)21(28)26(31-10,34-19)25(7,8)17-33-35(11,12)24(4,5)6/h16,19H,13-15,17H2,1-12H3/b18-16+/t19-,26-/m1/s1. The van der Waals surface area contributed by atoms with E-state index >= 15 is 0 Å². The van der Waals surface area contributed by atoms with Crippen molar-refractivity contribution < 1.29 is 37.8 Å². The van der Waals surface area contributed by atoms with Crippen LogP contribution in [-0.4, -0.2) is 65.4 Å². The molecule has 0 radical (unpaired) electrons. The summed E-state index contributed by atoms with van der Waals surface area (Å²) in [5.74, 6) is -3.08. The van der Waals surface area contributed by atoms with Crippen LogP contribution in [0.1, 0.15) is 68.2 Å². The van der Waals surface area contributed by atoms with Crippen LogP contribution in [0.25, 0.3) is 0 Å². The first-order valence-electron chi connectivity index (χ1n) is 12.1. The molecule has 1 rings (SSSR count). The molecule has 0 spiro atoms. The molecule has 0 saturated carbocycles. The van der Waals surface area contributed by atoms with Crippen LogP contribution < -0.4 is 0 Å². The molecule has 8 nitrogen and oxygen atoms in total. The van der Waals surface area contributed by atoms with Gasteiger partial charge >= 0.3 is 11.9 Å². The fourth-order valence-electron chi connectivity index (χ4n) is 3.42. The number of hydrogen-bond donors (Lipinski definition) is 0. The van der Waals surface area contributed by atoms with Gasteiger partial charge in [0.05, 0.1) is 25.2 Å². The van der Waals surface area contributed by atoms with Crippen LogP contribution in [0.4, 0.5) is 0 Å². The molecule has 1 heterocycles. The summed E-state index contributed by atoms with van der Waals surface area (Å²) in [6.07, 6.45) is 1.17. The highest BCUT2D eigenvalue weighted by molar-refractivity contribution is 6.74. The second-order valence-electron chi connectivity index (χ2n) is 12.4. The van der Waals surface area contributed by atoms with Crippen molar-refractivity contribution in [2.45, 2.75) is 98.3 Å². The minimum atomic E-state index is -2.13. The minimum absolute atomic E-state index is 0.0177. The third-order valence-corrected chi connectivity index (χ3v) is 11.4. The molecule has 202 valence electrons. The van der Waals surface area contributed by atoms with E-state index in [0.717, 1.165) is 0 Å². The lowest BCUT2D eigenvalue weighted by atomic mass is 9.76. The molecular formula is C26H46O8Si. The van der Waals surface area contributed by atoms with Crippen LogP contribution >= 0.6 is 0 Å². The van der Waals surface area contributed by atoms with Gasteiger partial charge in [0.25, 0.3) is 0 Å². The summed E-state index contributed by atoms with van der Waals surface area (Å²) >= 11 is 0. The number of rotatable bonds is 9. The number of hydrogen-bond acceptors (Lipinski definition) is 8. The maximum Gasteiger partial charge on any atom is 0.330 e. The second-order valence-corrected chi connectivity index (χ2v) is 17.2. The van der Waals surface area contributed by atoms with E-state index in [1.165, 1.54) is 20.3 Å². The van der Waals surface area contributed by atoms with Gasteiger partial charge in [-0.2, -0.15) is 0 Å². The van der Waals surface area contributed by atoms with Gasteiger partial charge in [-0.25, -0.2) is 4.79 Å². The number of ketones is 1. The van der Waals surface area contributed by atoms with E-state index in [1.54, 1.807) is 20.8 Å². The Morgan fingerprint density at radius 2 is 1.66 bits per heavy atom. The Morgan fingerprint density at radius 3 is 2.11 bits per heavy atom. The predicted octanol–water partition coefficient (Wildman–Crippen LogP) is 4.81. The van der Waals surface area contributed by atoms with Crippen molar-refractivity contribution in [3.05, 3.63) is 11.6 Å². The summed E-state index contributed by atoms with van der Waals surface area (Å²) in [5.41, 5.74) is -1.28. The number of carbonyl (C=O) groups is 3. The van der Waals surface area contributed by atoms with Crippen molar-refractivity contribution in [3.63, 3.8) is 0 Å². The summed E-state index contributed by atoms with van der Waals surface area (Å²) in [7, 11) is 0.545. The molecule has 0 amide bonds. The van der Waals surface area contributed by atoms with Gasteiger partial charge in [0, 0.05) is 43.6 Å². The van der Waals surface area contributed by atoms with Gasteiger partial charge in [-0.05, 0) is 38.9 Å². The summed E-state index contributed by atoms with van der Waals surface area (Å²) < 4.78 is 28.8. The minimum Gasteiger partial charge on any atom is -0.466 e. The molecule has 1 aliphatic rings. The molecule has 2 atom stereocenters. The topological polar surface area (TPSA) is 97.4 Å². The van der Waals surface area contributed by atoms with E-state index in [4.69, 9.17) is 23.4 Å². The number of methoxy groups -OCH3 is 2. The number of esters is 2. The van der Waals surface area contributed by atoms with Crippen LogP contribution in [-0.2, 0) is 37.8 Å². The highest BCUT2D eigenvalue weighted by Gasteiger charge is 2.58. The van der Waals surface area contributed by atoms with Gasteiger partial charge < -0.3 is 23.4 Å². The molecule has 1 saturated heterocycles. The third kappa shape index (κ3) is 7.47. The first-order valence-corrected chi connectivity index (χ1v) is 15.0. The maximum absolute atomic E-state index is 13.7. The van der Waals surface area contributed by atoms with Crippen molar-refractivity contribution in [2.24, 2.45) is 10.8 Å². The van der Waals surface area contributed by atoms with Crippen molar-refractivity contribution >= 4 is 26.0 Å². The van der Waals surface area contributed by atoms with Gasteiger partial charge in [0.1, 0.15) is 0 Å². The van der Waals surface area contributed by atoms with Crippen LogP contribution in [0, 0.1) is 10.8 Å². The molecule has 9 heteroatoms. The monoisotopic (exact) mass is 514 g/mol. The van der Waals surface area contributed by atoms with Crippen LogP contribution in [0.15, 0.2) is 11.6 Å². The first kappa shape index (κ1) is 31.5. The van der Waals surface area contributed by atoms with Crippen molar-refractivity contribution in [2.75, 3.05) is 27.4 Å². The predicted molar refractivity (Wildman–Crippen MR) is 136 cm³/mol. The Hall–Kier alpha value is -1.55. The summed E-state index contributed by atoms with van der Waals surface area (Å²) in [5, 5.41) is -0.0177. The summed E-state index contributed by atoms with van der Waals surface area (Å²) in [6.45, 7) is 20.1. The average molecular weight is 515 g/mol. The lowest BCUT2D eigenvalue weighted by Gasteiger charge is -2.49. The Morgan fingerprint density at radius 1 is 1.09 bits per heavy atom. The zero-order valence-electron chi connectivity index (χ0n) is 23.7. The normalized spacial score (nSPS) is 23.4. The van der Waals surface area contributed by atoms with Crippen molar-refractivity contribution in [3.8, 4) is 0 Å². The molecule has 0 N–H and O–H groups in total. The zero-order valence-corrected chi connectivity index (χ0v) is 24.7. The van der Waals surface area contributed by atoms with Crippen LogP contribution in [0.5, 0.6) is 0 Å². The van der Waals surface area contributed by atoms with E-state index in [1.807, 2.05) is 13.8 Å². The zero-order chi connectivity index (χ0) is 27.5.